The molecule has 0 atom stereocenters. The number of phenolic OH excluding ortho intramolecular Hbond substituents is 1. The highest BCUT2D eigenvalue weighted by Gasteiger charge is 2.17. The van der Waals surface area contributed by atoms with Crippen molar-refractivity contribution in [3.05, 3.63) is 40.6 Å². The molecule has 0 amide bonds. The van der Waals surface area contributed by atoms with E-state index in [9.17, 15) is 10.4 Å². The molecule has 0 saturated carbocycles. The SMILES string of the molecule is CCc1nnc(Oc2cccc(O)c2C)c(C#N)c1CC. The van der Waals surface area contributed by atoms with Gasteiger partial charge in [0, 0.05) is 5.56 Å². The molecule has 1 aromatic carbocycles. The Balaban J connectivity index is 2.50. The molecule has 0 aliphatic rings. The van der Waals surface area contributed by atoms with Gasteiger partial charge in [-0.1, -0.05) is 19.9 Å². The Morgan fingerprint density at radius 3 is 2.62 bits per heavy atom. The van der Waals surface area contributed by atoms with Gasteiger partial charge >= 0.3 is 0 Å². The van der Waals surface area contributed by atoms with Gasteiger partial charge in [-0.25, -0.2) is 0 Å². The summed E-state index contributed by atoms with van der Waals surface area (Å²) < 4.78 is 5.70. The zero-order chi connectivity index (χ0) is 15.4. The minimum Gasteiger partial charge on any atom is -0.508 e. The van der Waals surface area contributed by atoms with E-state index in [-0.39, 0.29) is 11.6 Å². The lowest BCUT2D eigenvalue weighted by molar-refractivity contribution is 0.432. The van der Waals surface area contributed by atoms with Crippen molar-refractivity contribution in [3.63, 3.8) is 0 Å². The van der Waals surface area contributed by atoms with Crippen LogP contribution < -0.4 is 4.74 Å². The summed E-state index contributed by atoms with van der Waals surface area (Å²) in [5, 5.41) is 27.3. The first-order chi connectivity index (χ1) is 10.1. The van der Waals surface area contributed by atoms with E-state index in [0.29, 0.717) is 23.3 Å². The number of ether oxygens (including phenoxy) is 1. The Bertz CT molecular complexity index is 705. The minimum absolute atomic E-state index is 0.139. The van der Waals surface area contributed by atoms with E-state index in [0.717, 1.165) is 17.7 Å². The molecular formula is C16H17N3O2. The van der Waals surface area contributed by atoms with Crippen molar-refractivity contribution < 1.29 is 9.84 Å². The lowest BCUT2D eigenvalue weighted by Gasteiger charge is -2.12. The number of nitrogens with zero attached hydrogens (tertiary/aromatic N) is 3. The molecule has 0 fully saturated rings. The van der Waals surface area contributed by atoms with Crippen molar-refractivity contribution in [2.24, 2.45) is 0 Å². The summed E-state index contributed by atoms with van der Waals surface area (Å²) in [7, 11) is 0. The Morgan fingerprint density at radius 1 is 1.24 bits per heavy atom. The quantitative estimate of drug-likeness (QED) is 0.931. The second-order valence-corrected chi connectivity index (χ2v) is 4.63. The molecule has 108 valence electrons. The van der Waals surface area contributed by atoms with E-state index >= 15 is 0 Å². The van der Waals surface area contributed by atoms with Gasteiger partial charge in [-0.05, 0) is 37.5 Å². The Labute approximate surface area is 123 Å². The number of hydrogen-bond donors (Lipinski definition) is 1. The van der Waals surface area contributed by atoms with E-state index in [2.05, 4.69) is 16.3 Å². The molecule has 0 bridgehead atoms. The first kappa shape index (κ1) is 14.8. The van der Waals surface area contributed by atoms with Crippen LogP contribution in [0.2, 0.25) is 0 Å². The summed E-state index contributed by atoms with van der Waals surface area (Å²) in [4.78, 5) is 0. The third-order valence-corrected chi connectivity index (χ3v) is 3.39. The first-order valence-corrected chi connectivity index (χ1v) is 6.87. The molecule has 1 aromatic heterocycles. The fraction of sp³-hybridized carbons (Fsp3) is 0.312. The molecule has 0 unspecified atom stereocenters. The minimum atomic E-state index is 0.139. The van der Waals surface area contributed by atoms with Gasteiger partial charge < -0.3 is 9.84 Å². The van der Waals surface area contributed by atoms with Crippen LogP contribution in [0, 0.1) is 18.3 Å². The number of hydrogen-bond acceptors (Lipinski definition) is 5. The van der Waals surface area contributed by atoms with Crippen LogP contribution in [0.4, 0.5) is 0 Å². The van der Waals surface area contributed by atoms with Crippen LogP contribution in [0.25, 0.3) is 0 Å². The summed E-state index contributed by atoms with van der Waals surface area (Å²) in [5.74, 6) is 0.784. The number of benzene rings is 1. The molecule has 0 radical (unpaired) electrons. The fourth-order valence-electron chi connectivity index (χ4n) is 2.16. The summed E-state index contributed by atoms with van der Waals surface area (Å²) >= 11 is 0. The topological polar surface area (TPSA) is 79.0 Å². The van der Waals surface area contributed by atoms with Crippen LogP contribution >= 0.6 is 0 Å². The molecule has 2 rings (SSSR count). The smallest absolute Gasteiger partial charge is 0.257 e. The lowest BCUT2D eigenvalue weighted by atomic mass is 10.0. The van der Waals surface area contributed by atoms with Crippen molar-refractivity contribution in [2.45, 2.75) is 33.6 Å². The van der Waals surface area contributed by atoms with Gasteiger partial charge in [0.15, 0.2) is 0 Å². The number of aryl methyl sites for hydroxylation is 1. The van der Waals surface area contributed by atoms with Crippen LogP contribution in [0.3, 0.4) is 0 Å². The van der Waals surface area contributed by atoms with Gasteiger partial charge in [0.1, 0.15) is 23.1 Å². The molecule has 0 saturated heterocycles. The molecule has 2 aromatic rings. The predicted molar refractivity (Wildman–Crippen MR) is 78.4 cm³/mol. The molecule has 21 heavy (non-hydrogen) atoms. The van der Waals surface area contributed by atoms with Gasteiger partial charge in [-0.2, -0.15) is 10.4 Å². The molecule has 1 heterocycles. The zero-order valence-corrected chi connectivity index (χ0v) is 12.3. The second kappa shape index (κ2) is 6.23. The van der Waals surface area contributed by atoms with E-state index in [1.54, 1.807) is 25.1 Å². The average Bonchev–Trinajstić information content (AvgIpc) is 2.51. The van der Waals surface area contributed by atoms with Gasteiger partial charge in [0.2, 0.25) is 0 Å². The normalized spacial score (nSPS) is 10.2. The monoisotopic (exact) mass is 283 g/mol. The third-order valence-electron chi connectivity index (χ3n) is 3.39. The van der Waals surface area contributed by atoms with Crippen LogP contribution in [0.15, 0.2) is 18.2 Å². The fourth-order valence-corrected chi connectivity index (χ4v) is 2.16. The molecule has 1 N–H and O–H groups in total. The molecule has 0 spiro atoms. The highest BCUT2D eigenvalue weighted by Crippen LogP contribution is 2.32. The summed E-state index contributed by atoms with van der Waals surface area (Å²) in [5.41, 5.74) is 2.68. The molecule has 0 aliphatic heterocycles. The zero-order valence-electron chi connectivity index (χ0n) is 12.3. The van der Waals surface area contributed by atoms with Crippen LogP contribution in [-0.4, -0.2) is 15.3 Å². The van der Waals surface area contributed by atoms with Gasteiger partial charge in [0.25, 0.3) is 5.88 Å². The van der Waals surface area contributed by atoms with Crippen LogP contribution in [-0.2, 0) is 12.8 Å². The van der Waals surface area contributed by atoms with E-state index < -0.39 is 0 Å². The predicted octanol–water partition coefficient (Wildman–Crippen LogP) is 3.28. The Morgan fingerprint density at radius 2 is 2.00 bits per heavy atom. The molecule has 5 nitrogen and oxygen atoms in total. The lowest BCUT2D eigenvalue weighted by Crippen LogP contribution is -2.05. The van der Waals surface area contributed by atoms with Crippen molar-refractivity contribution >= 4 is 0 Å². The van der Waals surface area contributed by atoms with E-state index in [4.69, 9.17) is 4.74 Å². The largest absolute Gasteiger partial charge is 0.508 e. The van der Waals surface area contributed by atoms with E-state index in [1.165, 1.54) is 0 Å². The van der Waals surface area contributed by atoms with Crippen molar-refractivity contribution in [1.29, 1.82) is 5.26 Å². The van der Waals surface area contributed by atoms with Crippen molar-refractivity contribution in [2.75, 3.05) is 0 Å². The summed E-state index contributed by atoms with van der Waals surface area (Å²) in [6, 6.07) is 7.13. The maximum absolute atomic E-state index is 9.71. The van der Waals surface area contributed by atoms with Gasteiger partial charge in [0.05, 0.1) is 5.69 Å². The third kappa shape index (κ3) is 2.79. The number of aromatic hydroxyl groups is 1. The highest BCUT2D eigenvalue weighted by atomic mass is 16.5. The van der Waals surface area contributed by atoms with E-state index in [1.807, 2.05) is 13.8 Å². The average molecular weight is 283 g/mol. The second-order valence-electron chi connectivity index (χ2n) is 4.63. The maximum atomic E-state index is 9.71. The summed E-state index contributed by atoms with van der Waals surface area (Å²) in [6.07, 6.45) is 1.41. The highest BCUT2D eigenvalue weighted by molar-refractivity contribution is 5.50. The molecular weight excluding hydrogens is 266 g/mol. The molecule has 5 heteroatoms. The number of aromatic nitrogens is 2. The standard InChI is InChI=1S/C16H17N3O2/c1-4-11-12(9-17)16(19-18-13(11)5-2)21-15-8-6-7-14(20)10(15)3/h6-8,20H,4-5H2,1-3H3. The van der Waals surface area contributed by atoms with Crippen molar-refractivity contribution in [1.82, 2.24) is 10.2 Å². The summed E-state index contributed by atoms with van der Waals surface area (Å²) in [6.45, 7) is 5.69. The van der Waals surface area contributed by atoms with Gasteiger partial charge in [-0.3, -0.25) is 0 Å². The van der Waals surface area contributed by atoms with Crippen LogP contribution in [0.5, 0.6) is 17.4 Å². The number of phenols is 1. The van der Waals surface area contributed by atoms with Crippen LogP contribution in [0.1, 0.15) is 36.2 Å². The Hall–Kier alpha value is -2.61. The maximum Gasteiger partial charge on any atom is 0.257 e. The Kier molecular flexibility index (Phi) is 4.39. The number of nitriles is 1. The number of rotatable bonds is 4. The molecule has 0 aliphatic carbocycles. The van der Waals surface area contributed by atoms with Gasteiger partial charge in [-0.15, -0.1) is 5.10 Å². The van der Waals surface area contributed by atoms with Crippen molar-refractivity contribution in [3.8, 4) is 23.4 Å². The first-order valence-electron chi connectivity index (χ1n) is 6.87.